The van der Waals surface area contributed by atoms with Crippen molar-refractivity contribution in [1.82, 2.24) is 9.13 Å². The third kappa shape index (κ3) is 3.15. The third-order valence-electron chi connectivity index (χ3n) is 3.96. The van der Waals surface area contributed by atoms with E-state index < -0.39 is 11.1 Å². The zero-order chi connectivity index (χ0) is 15.5. The molecule has 2 aromatic rings. The largest absolute Gasteiger partial charge is 0.381 e. The van der Waals surface area contributed by atoms with Crippen LogP contribution in [0.25, 0.3) is 5.69 Å². The smallest absolute Gasteiger partial charge is 0.320 e. The van der Waals surface area contributed by atoms with E-state index in [4.69, 9.17) is 16.3 Å². The maximum absolute atomic E-state index is 12.3. The van der Waals surface area contributed by atoms with Crippen molar-refractivity contribution in [2.75, 3.05) is 13.2 Å². The second kappa shape index (κ2) is 6.50. The number of nitrogens with zero attached hydrogens (tertiary/aromatic N) is 2. The fraction of sp³-hybridized carbons (Fsp3) is 0.375. The van der Waals surface area contributed by atoms with E-state index in [1.54, 1.807) is 36.7 Å². The Morgan fingerprint density at radius 3 is 2.41 bits per heavy atom. The van der Waals surface area contributed by atoms with Crippen molar-refractivity contribution in [1.29, 1.82) is 0 Å². The Morgan fingerprint density at radius 2 is 1.73 bits per heavy atom. The summed E-state index contributed by atoms with van der Waals surface area (Å²) in [5, 5.41) is 0.588. The highest BCUT2D eigenvalue weighted by Crippen LogP contribution is 2.16. The standard InChI is InChI=1S/C16H17ClN2O3/c17-13-1-3-14(4-2-13)19-8-7-18(15(20)16(19)21)11-12-5-9-22-10-6-12/h1-4,7-8,12H,5-6,9-11H2. The van der Waals surface area contributed by atoms with Gasteiger partial charge in [-0.2, -0.15) is 0 Å². The molecule has 3 rings (SSSR count). The zero-order valence-electron chi connectivity index (χ0n) is 12.1. The number of ether oxygens (including phenoxy) is 1. The highest BCUT2D eigenvalue weighted by Gasteiger charge is 2.16. The Morgan fingerprint density at radius 1 is 1.05 bits per heavy atom. The van der Waals surface area contributed by atoms with Crippen LogP contribution in [-0.4, -0.2) is 22.3 Å². The summed E-state index contributed by atoms with van der Waals surface area (Å²) in [5.74, 6) is 0.386. The molecule has 1 aromatic heterocycles. The molecule has 1 fully saturated rings. The molecule has 22 heavy (non-hydrogen) atoms. The normalized spacial score (nSPS) is 15.9. The van der Waals surface area contributed by atoms with Gasteiger partial charge >= 0.3 is 11.1 Å². The van der Waals surface area contributed by atoms with Gasteiger partial charge < -0.3 is 9.30 Å². The summed E-state index contributed by atoms with van der Waals surface area (Å²) in [6.45, 7) is 2.02. The van der Waals surface area contributed by atoms with E-state index in [1.165, 1.54) is 9.13 Å². The van der Waals surface area contributed by atoms with Crippen molar-refractivity contribution >= 4 is 11.6 Å². The minimum Gasteiger partial charge on any atom is -0.381 e. The summed E-state index contributed by atoms with van der Waals surface area (Å²) in [6, 6.07) is 6.81. The van der Waals surface area contributed by atoms with E-state index in [0.29, 0.717) is 23.2 Å². The molecule has 1 aromatic carbocycles. The maximum Gasteiger partial charge on any atom is 0.320 e. The quantitative estimate of drug-likeness (QED) is 0.814. The molecule has 0 amide bonds. The summed E-state index contributed by atoms with van der Waals surface area (Å²) in [5.41, 5.74) is -0.412. The lowest BCUT2D eigenvalue weighted by molar-refractivity contribution is 0.0609. The SMILES string of the molecule is O=c1c(=O)n(-c2ccc(Cl)cc2)ccn1CC1CCOCC1. The molecule has 116 valence electrons. The van der Waals surface area contributed by atoms with E-state index in [-0.39, 0.29) is 0 Å². The summed E-state index contributed by atoms with van der Waals surface area (Å²) < 4.78 is 8.17. The summed E-state index contributed by atoms with van der Waals surface area (Å²) in [6.07, 6.45) is 5.15. The number of hydrogen-bond donors (Lipinski definition) is 0. The number of rotatable bonds is 3. The molecule has 5 nitrogen and oxygen atoms in total. The van der Waals surface area contributed by atoms with E-state index in [1.807, 2.05) is 0 Å². The average Bonchev–Trinajstić information content (AvgIpc) is 2.54. The summed E-state index contributed by atoms with van der Waals surface area (Å²) in [4.78, 5) is 24.6. The van der Waals surface area contributed by atoms with E-state index >= 15 is 0 Å². The van der Waals surface area contributed by atoms with Crippen molar-refractivity contribution in [3.63, 3.8) is 0 Å². The molecule has 6 heteroatoms. The van der Waals surface area contributed by atoms with Crippen LogP contribution in [0, 0.1) is 5.92 Å². The first-order chi connectivity index (χ1) is 10.6. The molecule has 0 bridgehead atoms. The predicted octanol–water partition coefficient (Wildman–Crippen LogP) is 2.08. The molecule has 1 aliphatic rings. The van der Waals surface area contributed by atoms with Crippen LogP contribution < -0.4 is 11.1 Å². The monoisotopic (exact) mass is 320 g/mol. The van der Waals surface area contributed by atoms with Gasteiger partial charge in [0.15, 0.2) is 0 Å². The molecule has 0 N–H and O–H groups in total. The summed E-state index contributed by atoms with van der Waals surface area (Å²) in [7, 11) is 0. The zero-order valence-corrected chi connectivity index (χ0v) is 12.8. The van der Waals surface area contributed by atoms with Crippen molar-refractivity contribution in [3.8, 4) is 5.69 Å². The number of aromatic nitrogens is 2. The Balaban J connectivity index is 1.89. The fourth-order valence-electron chi connectivity index (χ4n) is 2.66. The van der Waals surface area contributed by atoms with Crippen LogP contribution in [0.4, 0.5) is 0 Å². The van der Waals surface area contributed by atoms with Crippen molar-refractivity contribution in [3.05, 3.63) is 62.4 Å². The third-order valence-corrected chi connectivity index (χ3v) is 4.21. The second-order valence-corrected chi connectivity index (χ2v) is 5.90. The first kappa shape index (κ1) is 15.1. The first-order valence-corrected chi connectivity index (χ1v) is 7.69. The lowest BCUT2D eigenvalue weighted by Crippen LogP contribution is -2.41. The van der Waals surface area contributed by atoms with Gasteiger partial charge in [0.2, 0.25) is 0 Å². The molecule has 0 saturated carbocycles. The molecule has 2 heterocycles. The van der Waals surface area contributed by atoms with E-state index in [9.17, 15) is 9.59 Å². The maximum atomic E-state index is 12.3. The Kier molecular flexibility index (Phi) is 4.45. The molecule has 0 radical (unpaired) electrons. The molecule has 0 aliphatic carbocycles. The van der Waals surface area contributed by atoms with Gasteiger partial charge in [0.1, 0.15) is 0 Å². The number of hydrogen-bond acceptors (Lipinski definition) is 3. The van der Waals surface area contributed by atoms with Crippen LogP contribution in [0.1, 0.15) is 12.8 Å². The van der Waals surface area contributed by atoms with Crippen LogP contribution >= 0.6 is 11.6 Å². The van der Waals surface area contributed by atoms with Gasteiger partial charge in [-0.15, -0.1) is 0 Å². The molecule has 1 aliphatic heterocycles. The van der Waals surface area contributed by atoms with Gasteiger partial charge in [0, 0.05) is 42.9 Å². The van der Waals surface area contributed by atoms with Crippen molar-refractivity contribution in [2.45, 2.75) is 19.4 Å². The van der Waals surface area contributed by atoms with Crippen molar-refractivity contribution in [2.24, 2.45) is 5.92 Å². The Hall–Kier alpha value is -1.85. The molecule has 1 saturated heterocycles. The molecular formula is C16H17ClN2O3. The van der Waals surface area contributed by atoms with E-state index in [0.717, 1.165) is 26.1 Å². The lowest BCUT2D eigenvalue weighted by Gasteiger charge is -2.22. The second-order valence-electron chi connectivity index (χ2n) is 5.46. The molecule has 0 atom stereocenters. The van der Waals surface area contributed by atoms with Gasteiger partial charge in [0.05, 0.1) is 0 Å². The van der Waals surface area contributed by atoms with Gasteiger partial charge in [-0.05, 0) is 43.0 Å². The topological polar surface area (TPSA) is 53.2 Å². The van der Waals surface area contributed by atoms with Crippen LogP contribution in [0.15, 0.2) is 46.2 Å². The van der Waals surface area contributed by atoms with Gasteiger partial charge in [-0.3, -0.25) is 14.2 Å². The Bertz CT molecular complexity index is 758. The lowest BCUT2D eigenvalue weighted by atomic mass is 10.0. The van der Waals surface area contributed by atoms with Crippen molar-refractivity contribution < 1.29 is 4.74 Å². The highest BCUT2D eigenvalue weighted by molar-refractivity contribution is 6.30. The van der Waals surface area contributed by atoms with Crippen LogP contribution in [0.5, 0.6) is 0 Å². The minimum absolute atomic E-state index is 0.386. The number of benzene rings is 1. The number of halogens is 1. The van der Waals surface area contributed by atoms with Gasteiger partial charge in [0.25, 0.3) is 0 Å². The van der Waals surface area contributed by atoms with Crippen LogP contribution in [0.2, 0.25) is 5.02 Å². The fourth-order valence-corrected chi connectivity index (χ4v) is 2.79. The minimum atomic E-state index is -0.545. The van der Waals surface area contributed by atoms with Crippen LogP contribution in [0.3, 0.4) is 0 Å². The first-order valence-electron chi connectivity index (χ1n) is 7.31. The van der Waals surface area contributed by atoms with Crippen LogP contribution in [-0.2, 0) is 11.3 Å². The Labute approximate surface area is 132 Å². The molecular weight excluding hydrogens is 304 g/mol. The highest BCUT2D eigenvalue weighted by atomic mass is 35.5. The van der Waals surface area contributed by atoms with E-state index in [2.05, 4.69) is 0 Å². The van der Waals surface area contributed by atoms with Gasteiger partial charge in [-0.25, -0.2) is 0 Å². The predicted molar refractivity (Wildman–Crippen MR) is 84.9 cm³/mol. The molecule has 0 unspecified atom stereocenters. The average molecular weight is 321 g/mol. The summed E-state index contributed by atoms with van der Waals surface area (Å²) >= 11 is 5.84. The molecule has 0 spiro atoms. The van der Waals surface area contributed by atoms with Gasteiger partial charge in [-0.1, -0.05) is 11.6 Å².